The Bertz CT molecular complexity index is 1510. The van der Waals surface area contributed by atoms with E-state index in [-0.39, 0.29) is 28.9 Å². The lowest BCUT2D eigenvalue weighted by Gasteiger charge is -2.24. The highest BCUT2D eigenvalue weighted by atomic mass is 16.2. The summed E-state index contributed by atoms with van der Waals surface area (Å²) in [5.74, 6) is -0.951. The summed E-state index contributed by atoms with van der Waals surface area (Å²) in [7, 11) is 0. The maximum atomic E-state index is 13.1. The van der Waals surface area contributed by atoms with Crippen molar-refractivity contribution in [2.24, 2.45) is 10.9 Å². The lowest BCUT2D eigenvalue weighted by molar-refractivity contribution is -0.124. The van der Waals surface area contributed by atoms with Crippen LogP contribution in [-0.4, -0.2) is 38.7 Å². The van der Waals surface area contributed by atoms with Crippen LogP contribution in [0.5, 0.6) is 0 Å². The molecule has 1 aromatic carbocycles. The molecule has 0 bridgehead atoms. The largest absolute Gasteiger partial charge is 0.335 e. The first-order chi connectivity index (χ1) is 16.5. The molecular weight excluding hydrogens is 430 g/mol. The number of amides is 2. The third kappa shape index (κ3) is 2.81. The Morgan fingerprint density at radius 3 is 2.74 bits per heavy atom. The fourth-order valence-corrected chi connectivity index (χ4v) is 5.01. The van der Waals surface area contributed by atoms with Gasteiger partial charge in [-0.3, -0.25) is 29.1 Å². The maximum Gasteiger partial charge on any atom is 0.261 e. The van der Waals surface area contributed by atoms with E-state index in [9.17, 15) is 14.4 Å². The van der Waals surface area contributed by atoms with Gasteiger partial charge in [-0.2, -0.15) is 0 Å². The third-order valence-corrected chi connectivity index (χ3v) is 6.55. The Balaban J connectivity index is 1.56. The lowest BCUT2D eigenvalue weighted by atomic mass is 9.94. The predicted octanol–water partition coefficient (Wildman–Crippen LogP) is 2.67. The normalized spacial score (nSPS) is 19.1. The van der Waals surface area contributed by atoms with Crippen molar-refractivity contribution in [2.45, 2.75) is 26.3 Å². The molecule has 8 heteroatoms. The highest BCUT2D eigenvalue weighted by molar-refractivity contribution is 6.47. The van der Waals surface area contributed by atoms with Crippen LogP contribution in [0.2, 0.25) is 0 Å². The number of imidazole rings is 1. The molecule has 2 aromatic heterocycles. The van der Waals surface area contributed by atoms with Gasteiger partial charge in [0.2, 0.25) is 0 Å². The minimum Gasteiger partial charge on any atom is -0.335 e. The Kier molecular flexibility index (Phi) is 4.38. The number of rotatable bonds is 4. The quantitative estimate of drug-likeness (QED) is 0.616. The van der Waals surface area contributed by atoms with Gasteiger partial charge < -0.3 is 4.90 Å². The van der Waals surface area contributed by atoms with Crippen LogP contribution in [0.4, 0.5) is 5.69 Å². The molecule has 1 unspecified atom stereocenters. The van der Waals surface area contributed by atoms with E-state index < -0.39 is 11.8 Å². The molecule has 0 saturated heterocycles. The molecule has 3 aliphatic rings. The number of imide groups is 1. The predicted molar refractivity (Wildman–Crippen MR) is 127 cm³/mol. The number of para-hydroxylation sites is 1. The van der Waals surface area contributed by atoms with Crippen LogP contribution in [0.1, 0.15) is 30.7 Å². The van der Waals surface area contributed by atoms with Crippen molar-refractivity contribution in [3.8, 4) is 0 Å². The van der Waals surface area contributed by atoms with Gasteiger partial charge in [0.1, 0.15) is 5.65 Å². The van der Waals surface area contributed by atoms with Crippen LogP contribution >= 0.6 is 0 Å². The van der Waals surface area contributed by atoms with E-state index in [0.717, 1.165) is 11.3 Å². The number of hydrogen-bond donors (Lipinski definition) is 1. The van der Waals surface area contributed by atoms with E-state index in [1.165, 1.54) is 0 Å². The second kappa shape index (κ2) is 7.34. The van der Waals surface area contributed by atoms with Gasteiger partial charge in [-0.25, -0.2) is 4.98 Å². The number of nitrogens with one attached hydrogen (secondary N) is 1. The average Bonchev–Trinajstić information content (AvgIpc) is 3.45. The molecule has 0 aliphatic carbocycles. The van der Waals surface area contributed by atoms with Gasteiger partial charge in [0.05, 0.1) is 40.5 Å². The van der Waals surface area contributed by atoms with E-state index in [0.29, 0.717) is 29.0 Å². The van der Waals surface area contributed by atoms with Crippen LogP contribution in [0.25, 0.3) is 11.2 Å². The molecule has 3 aliphatic heterocycles. The van der Waals surface area contributed by atoms with Crippen molar-refractivity contribution in [2.75, 3.05) is 4.90 Å². The first kappa shape index (κ1) is 20.3. The molecule has 8 nitrogen and oxygen atoms in total. The van der Waals surface area contributed by atoms with Gasteiger partial charge >= 0.3 is 0 Å². The van der Waals surface area contributed by atoms with Gasteiger partial charge in [-0.1, -0.05) is 38.1 Å². The van der Waals surface area contributed by atoms with Crippen LogP contribution in [0.3, 0.4) is 0 Å². The first-order valence-corrected chi connectivity index (χ1v) is 11.2. The second-order valence-electron chi connectivity index (χ2n) is 8.88. The fraction of sp³-hybridized carbons (Fsp3) is 0.192. The molecule has 0 saturated carbocycles. The minimum absolute atomic E-state index is 0.109. The number of pyridine rings is 1. The molecule has 34 heavy (non-hydrogen) atoms. The monoisotopic (exact) mass is 451 g/mol. The van der Waals surface area contributed by atoms with E-state index in [1.54, 1.807) is 29.2 Å². The van der Waals surface area contributed by atoms with Crippen molar-refractivity contribution in [3.63, 3.8) is 0 Å². The molecule has 168 valence electrons. The number of aliphatic imine (C=N–C) groups is 1. The number of benzene rings is 1. The van der Waals surface area contributed by atoms with Crippen LogP contribution in [0, 0.1) is 5.92 Å². The molecule has 3 aromatic rings. The van der Waals surface area contributed by atoms with Gasteiger partial charge in [-0.05, 0) is 17.7 Å². The number of ketones is 1. The SMILES string of the molecule is CC(C)C(=O)C1Cc2cccc3c2N1C=CN=C3C1=C(c2cnc3ccccn23)C(=O)NC1=O. The van der Waals surface area contributed by atoms with Crippen LogP contribution < -0.4 is 10.2 Å². The van der Waals surface area contributed by atoms with Crippen molar-refractivity contribution >= 4 is 40.2 Å². The molecule has 0 radical (unpaired) electrons. The highest BCUT2D eigenvalue weighted by Crippen LogP contribution is 2.40. The Morgan fingerprint density at radius 2 is 1.91 bits per heavy atom. The molecule has 5 heterocycles. The summed E-state index contributed by atoms with van der Waals surface area (Å²) in [5.41, 5.74) is 4.60. The van der Waals surface area contributed by atoms with E-state index >= 15 is 0 Å². The molecule has 0 spiro atoms. The zero-order valence-corrected chi connectivity index (χ0v) is 18.6. The first-order valence-electron chi connectivity index (χ1n) is 11.2. The number of nitrogens with zero attached hydrogens (tertiary/aromatic N) is 4. The van der Waals surface area contributed by atoms with E-state index in [1.807, 2.05) is 55.1 Å². The maximum absolute atomic E-state index is 13.1. The van der Waals surface area contributed by atoms with Crippen molar-refractivity contribution in [1.82, 2.24) is 14.7 Å². The minimum atomic E-state index is -0.503. The van der Waals surface area contributed by atoms with Crippen LogP contribution in [-0.2, 0) is 20.8 Å². The zero-order chi connectivity index (χ0) is 23.6. The Hall–Kier alpha value is -4.33. The van der Waals surface area contributed by atoms with Gasteiger partial charge in [-0.15, -0.1) is 0 Å². The number of fused-ring (bicyclic) bond motifs is 1. The topological polar surface area (TPSA) is 96.1 Å². The van der Waals surface area contributed by atoms with E-state index in [2.05, 4.69) is 15.3 Å². The Labute approximate surface area is 195 Å². The van der Waals surface area contributed by atoms with E-state index in [4.69, 9.17) is 0 Å². The number of Topliss-reactive ketones (excluding diaryl/α,β-unsaturated/α-hetero) is 1. The summed E-state index contributed by atoms with van der Waals surface area (Å²) in [6.45, 7) is 3.80. The summed E-state index contributed by atoms with van der Waals surface area (Å²) in [5, 5.41) is 2.44. The number of hydrogen-bond acceptors (Lipinski definition) is 6. The number of carbonyl (C=O) groups excluding carboxylic acids is 3. The third-order valence-electron chi connectivity index (χ3n) is 6.55. The zero-order valence-electron chi connectivity index (χ0n) is 18.6. The summed E-state index contributed by atoms with van der Waals surface area (Å²) in [4.78, 5) is 50.0. The van der Waals surface area contributed by atoms with Gasteiger partial charge in [0.25, 0.3) is 11.8 Å². The van der Waals surface area contributed by atoms with Gasteiger partial charge in [0, 0.05) is 36.5 Å². The fourth-order valence-electron chi connectivity index (χ4n) is 5.01. The number of anilines is 1. The van der Waals surface area contributed by atoms with Gasteiger partial charge in [0.15, 0.2) is 5.78 Å². The molecule has 1 N–H and O–H groups in total. The highest BCUT2D eigenvalue weighted by Gasteiger charge is 2.41. The Morgan fingerprint density at radius 1 is 1.09 bits per heavy atom. The summed E-state index contributed by atoms with van der Waals surface area (Å²) in [6.07, 6.45) is 7.37. The summed E-state index contributed by atoms with van der Waals surface area (Å²) in [6, 6.07) is 11.0. The number of carbonyl (C=O) groups is 3. The molecular formula is C26H21N5O3. The van der Waals surface area contributed by atoms with Crippen LogP contribution in [0.15, 0.2) is 71.8 Å². The summed E-state index contributed by atoms with van der Waals surface area (Å²) >= 11 is 0. The molecule has 1 atom stereocenters. The molecule has 6 rings (SSSR count). The van der Waals surface area contributed by atoms with Crippen molar-refractivity contribution in [1.29, 1.82) is 0 Å². The van der Waals surface area contributed by atoms with Crippen molar-refractivity contribution < 1.29 is 14.4 Å². The van der Waals surface area contributed by atoms with Crippen molar-refractivity contribution in [3.05, 3.63) is 83.6 Å². The average molecular weight is 451 g/mol. The number of aromatic nitrogens is 2. The smallest absolute Gasteiger partial charge is 0.261 e. The standard InChI is InChI=1S/C26H21N5O3/c1-14(2)24(32)17-12-15-6-5-7-16-22(27-9-11-31(17)23(15)16)21-20(25(33)29-26(21)34)18-13-28-19-8-3-4-10-30(18)19/h3-11,13-14,17H,12H2,1-2H3,(H,29,33,34). The molecule has 0 fully saturated rings. The lowest BCUT2D eigenvalue weighted by Crippen LogP contribution is -2.37. The summed E-state index contributed by atoms with van der Waals surface area (Å²) < 4.78 is 1.78. The molecule has 2 amide bonds. The second-order valence-corrected chi connectivity index (χ2v) is 8.88.